The van der Waals surface area contributed by atoms with Crippen molar-refractivity contribution in [3.63, 3.8) is 0 Å². The summed E-state index contributed by atoms with van der Waals surface area (Å²) < 4.78 is 6.66. The number of furan rings is 1. The van der Waals surface area contributed by atoms with Crippen molar-refractivity contribution in [1.29, 1.82) is 0 Å². The van der Waals surface area contributed by atoms with E-state index in [-0.39, 0.29) is 0 Å². The molecule has 266 valence electrons. The molecule has 0 N–H and O–H groups in total. The van der Waals surface area contributed by atoms with Gasteiger partial charge in [0.15, 0.2) is 23.1 Å². The minimum Gasteiger partial charge on any atom is -0.454 e. The molecule has 5 heteroatoms. The number of hydrogen-bond donors (Lipinski definition) is 0. The van der Waals surface area contributed by atoms with Crippen molar-refractivity contribution in [2.45, 2.75) is 0 Å². The van der Waals surface area contributed by atoms with Gasteiger partial charge >= 0.3 is 0 Å². The van der Waals surface area contributed by atoms with Gasteiger partial charge in [0.1, 0.15) is 11.3 Å². The fourth-order valence-electron chi connectivity index (χ4n) is 7.92. The molecule has 0 amide bonds. The van der Waals surface area contributed by atoms with Gasteiger partial charge in [0, 0.05) is 38.4 Å². The maximum atomic E-state index is 6.66. The fraction of sp³-hybridized carbons (Fsp3) is 0. The Morgan fingerprint density at radius 3 is 1.56 bits per heavy atom. The van der Waals surface area contributed by atoms with Crippen molar-refractivity contribution >= 4 is 43.6 Å². The van der Waals surface area contributed by atoms with Crippen LogP contribution in [0.2, 0.25) is 0 Å². The first-order valence-corrected chi connectivity index (χ1v) is 19.0. The van der Waals surface area contributed by atoms with E-state index in [9.17, 15) is 0 Å². The molecule has 0 radical (unpaired) electrons. The predicted octanol–water partition coefficient (Wildman–Crippen LogP) is 13.5. The number of aromatic nitrogens is 4. The Bertz CT molecular complexity index is 3280. The second kappa shape index (κ2) is 13.5. The van der Waals surface area contributed by atoms with Gasteiger partial charge in [0.2, 0.25) is 0 Å². The monoisotopic (exact) mass is 728 g/mol. The van der Waals surface area contributed by atoms with Gasteiger partial charge in [-0.05, 0) is 57.3 Å². The molecule has 0 aliphatic rings. The highest BCUT2D eigenvalue weighted by molar-refractivity contribution is 6.27. The lowest BCUT2D eigenvalue weighted by Gasteiger charge is -2.11. The molecule has 57 heavy (non-hydrogen) atoms. The van der Waals surface area contributed by atoms with Crippen LogP contribution >= 0.6 is 0 Å². The molecule has 0 atom stereocenters. The lowest BCUT2D eigenvalue weighted by Crippen LogP contribution is -2.00. The molecule has 3 heterocycles. The van der Waals surface area contributed by atoms with Crippen molar-refractivity contribution in [1.82, 2.24) is 19.9 Å². The summed E-state index contributed by atoms with van der Waals surface area (Å²) in [4.78, 5) is 20.4. The van der Waals surface area contributed by atoms with Crippen molar-refractivity contribution in [2.75, 3.05) is 0 Å². The number of hydrogen-bond acceptors (Lipinski definition) is 5. The van der Waals surface area contributed by atoms with Crippen LogP contribution in [0, 0.1) is 0 Å². The first-order valence-electron chi connectivity index (χ1n) is 19.0. The Kier molecular flexibility index (Phi) is 7.74. The largest absolute Gasteiger partial charge is 0.454 e. The Balaban J connectivity index is 1.02. The number of benzene rings is 8. The number of para-hydroxylation sites is 1. The van der Waals surface area contributed by atoms with E-state index in [0.29, 0.717) is 17.5 Å². The minimum absolute atomic E-state index is 0.608. The average Bonchev–Trinajstić information content (AvgIpc) is 3.69. The van der Waals surface area contributed by atoms with Crippen LogP contribution in [0.25, 0.3) is 111 Å². The molecule has 0 aliphatic heterocycles. The van der Waals surface area contributed by atoms with Gasteiger partial charge in [-0.2, -0.15) is 0 Å². The van der Waals surface area contributed by atoms with Gasteiger partial charge in [0.05, 0.1) is 5.52 Å². The lowest BCUT2D eigenvalue weighted by atomic mass is 9.96. The molecular weight excluding hydrogens is 697 g/mol. The molecule has 11 rings (SSSR count). The normalized spacial score (nSPS) is 11.5. The zero-order valence-electron chi connectivity index (χ0n) is 30.7. The molecule has 8 aromatic carbocycles. The van der Waals surface area contributed by atoms with Crippen LogP contribution in [0.5, 0.6) is 0 Å². The Morgan fingerprint density at radius 1 is 0.316 bits per heavy atom. The third kappa shape index (κ3) is 5.81. The molecule has 0 unspecified atom stereocenters. The van der Waals surface area contributed by atoms with Crippen molar-refractivity contribution in [3.05, 3.63) is 194 Å². The van der Waals surface area contributed by atoms with Gasteiger partial charge in [-0.3, -0.25) is 0 Å². The van der Waals surface area contributed by atoms with E-state index >= 15 is 0 Å². The van der Waals surface area contributed by atoms with Crippen LogP contribution in [0.3, 0.4) is 0 Å². The smallest absolute Gasteiger partial charge is 0.164 e. The standard InChI is InChI=1S/C52H32N4O/c1-3-13-33(14-4-1)34-25-27-37(28-26-34)51-54-50(36-16-5-2-6-17-36)55-52(56-51)41-21-12-19-39(32-41)38-18-11-20-40(31-38)48-49-47(43-23-9-10-24-45(43)57-49)46-42-22-8-7-15-35(42)29-30-44(46)53-48/h1-32H. The van der Waals surface area contributed by atoms with Gasteiger partial charge in [-0.15, -0.1) is 0 Å². The average molecular weight is 729 g/mol. The topological polar surface area (TPSA) is 64.7 Å². The van der Waals surface area contributed by atoms with Crippen molar-refractivity contribution in [2.24, 2.45) is 0 Å². The molecule has 0 saturated carbocycles. The van der Waals surface area contributed by atoms with Crippen molar-refractivity contribution < 1.29 is 4.42 Å². The second-order valence-electron chi connectivity index (χ2n) is 14.2. The van der Waals surface area contributed by atoms with E-state index in [1.165, 1.54) is 10.9 Å². The maximum Gasteiger partial charge on any atom is 0.164 e. The molecule has 11 aromatic rings. The van der Waals surface area contributed by atoms with Crippen LogP contribution < -0.4 is 0 Å². The van der Waals surface area contributed by atoms with E-state index in [4.69, 9.17) is 24.4 Å². The highest BCUT2D eigenvalue weighted by Gasteiger charge is 2.20. The van der Waals surface area contributed by atoms with Crippen LogP contribution in [0.4, 0.5) is 0 Å². The van der Waals surface area contributed by atoms with Gasteiger partial charge in [-0.25, -0.2) is 19.9 Å². The van der Waals surface area contributed by atoms with Crippen LogP contribution in [-0.2, 0) is 0 Å². The highest BCUT2D eigenvalue weighted by atomic mass is 16.3. The van der Waals surface area contributed by atoms with E-state index in [1.807, 2.05) is 48.5 Å². The Hall–Kier alpha value is -7.76. The number of rotatable bonds is 6. The Labute approximate surface area is 328 Å². The summed E-state index contributed by atoms with van der Waals surface area (Å²) in [6.45, 7) is 0. The molecule has 0 saturated heterocycles. The summed E-state index contributed by atoms with van der Waals surface area (Å²) in [5.74, 6) is 1.85. The van der Waals surface area contributed by atoms with E-state index in [2.05, 4.69) is 146 Å². The number of fused-ring (bicyclic) bond motifs is 7. The van der Waals surface area contributed by atoms with E-state index < -0.39 is 0 Å². The van der Waals surface area contributed by atoms with E-state index in [1.54, 1.807) is 0 Å². The SMILES string of the molecule is c1ccc(-c2ccc(-c3nc(-c4ccccc4)nc(-c4cccc(-c5cccc(-c6nc7ccc8ccccc8c7c7c6oc6ccccc67)c5)c4)n3)cc2)cc1. The number of nitrogens with zero attached hydrogens (tertiary/aromatic N) is 4. The summed E-state index contributed by atoms with van der Waals surface area (Å²) in [6, 6.07) is 66.8. The molecule has 0 bridgehead atoms. The second-order valence-corrected chi connectivity index (χ2v) is 14.2. The zero-order valence-corrected chi connectivity index (χ0v) is 30.7. The fourth-order valence-corrected chi connectivity index (χ4v) is 7.92. The van der Waals surface area contributed by atoms with Crippen LogP contribution in [-0.4, -0.2) is 19.9 Å². The summed E-state index contributed by atoms with van der Waals surface area (Å²) in [5.41, 5.74) is 11.5. The predicted molar refractivity (Wildman–Crippen MR) is 233 cm³/mol. The Morgan fingerprint density at radius 2 is 0.825 bits per heavy atom. The minimum atomic E-state index is 0.608. The maximum absolute atomic E-state index is 6.66. The first kappa shape index (κ1) is 32.7. The third-order valence-corrected chi connectivity index (χ3v) is 10.7. The van der Waals surface area contributed by atoms with Crippen LogP contribution in [0.1, 0.15) is 0 Å². The van der Waals surface area contributed by atoms with Gasteiger partial charge in [-0.1, -0.05) is 170 Å². The molecule has 5 nitrogen and oxygen atoms in total. The van der Waals surface area contributed by atoms with Gasteiger partial charge in [0.25, 0.3) is 0 Å². The molecule has 3 aromatic heterocycles. The van der Waals surface area contributed by atoms with E-state index in [0.717, 1.165) is 82.9 Å². The quantitative estimate of drug-likeness (QED) is 0.160. The summed E-state index contributed by atoms with van der Waals surface area (Å²) >= 11 is 0. The highest BCUT2D eigenvalue weighted by Crippen LogP contribution is 2.42. The zero-order chi connectivity index (χ0) is 37.7. The molecule has 0 fully saturated rings. The number of pyridine rings is 1. The molecule has 0 spiro atoms. The first-order chi connectivity index (χ1) is 28.2. The molecular formula is C52H32N4O. The molecule has 0 aliphatic carbocycles. The summed E-state index contributed by atoms with van der Waals surface area (Å²) in [5, 5.41) is 5.62. The lowest BCUT2D eigenvalue weighted by molar-refractivity contribution is 0.669. The summed E-state index contributed by atoms with van der Waals surface area (Å²) in [6.07, 6.45) is 0. The van der Waals surface area contributed by atoms with Gasteiger partial charge < -0.3 is 4.42 Å². The summed E-state index contributed by atoms with van der Waals surface area (Å²) in [7, 11) is 0. The van der Waals surface area contributed by atoms with Crippen molar-refractivity contribution in [3.8, 4) is 67.7 Å². The third-order valence-electron chi connectivity index (χ3n) is 10.7. The van der Waals surface area contributed by atoms with Crippen LogP contribution in [0.15, 0.2) is 199 Å².